The van der Waals surface area contributed by atoms with E-state index in [0.29, 0.717) is 11.7 Å². The second-order valence-corrected chi connectivity index (χ2v) is 7.39. The number of fused-ring (bicyclic) bond motifs is 1. The van der Waals surface area contributed by atoms with Crippen LogP contribution in [0.1, 0.15) is 42.5 Å². The summed E-state index contributed by atoms with van der Waals surface area (Å²) in [4.78, 5) is 5.03. The van der Waals surface area contributed by atoms with E-state index in [2.05, 4.69) is 14.9 Å². The third-order valence-corrected chi connectivity index (χ3v) is 5.61. The van der Waals surface area contributed by atoms with Crippen molar-refractivity contribution in [1.82, 2.24) is 19.6 Å². The van der Waals surface area contributed by atoms with Crippen molar-refractivity contribution in [3.63, 3.8) is 0 Å². The lowest BCUT2D eigenvalue weighted by molar-refractivity contribution is 0.0910. The van der Waals surface area contributed by atoms with Gasteiger partial charge in [0, 0.05) is 38.8 Å². The maximum atomic E-state index is 9.85. The van der Waals surface area contributed by atoms with Crippen LogP contribution in [0.4, 0.5) is 0 Å². The number of aliphatic hydroxyl groups excluding tert-OH is 2. The smallest absolute Gasteiger partial charge is 0.121 e. The topological polar surface area (TPSA) is 77.9 Å². The standard InChI is InChI=1S/C19H28N4O3/c24-14-19(25)18-11-16-12-22(6-2-7-23(16)20-18)15-4-8-21(9-5-15)13-17-3-1-10-26-17/h1,3,10-11,15,19,24-25H,2,4-9,12-14H2/t19-/m0/s1. The van der Waals surface area contributed by atoms with E-state index in [0.717, 1.165) is 57.1 Å². The molecule has 0 unspecified atom stereocenters. The van der Waals surface area contributed by atoms with Crippen molar-refractivity contribution >= 4 is 0 Å². The molecule has 2 aliphatic heterocycles. The van der Waals surface area contributed by atoms with Gasteiger partial charge in [0.15, 0.2) is 0 Å². The van der Waals surface area contributed by atoms with E-state index < -0.39 is 6.10 Å². The first-order valence-corrected chi connectivity index (χ1v) is 9.57. The largest absolute Gasteiger partial charge is 0.468 e. The second-order valence-electron chi connectivity index (χ2n) is 7.39. The van der Waals surface area contributed by atoms with Crippen LogP contribution >= 0.6 is 0 Å². The molecule has 2 aromatic heterocycles. The Bertz CT molecular complexity index is 692. The van der Waals surface area contributed by atoms with Crippen molar-refractivity contribution in [2.24, 2.45) is 0 Å². The molecule has 0 radical (unpaired) electrons. The predicted molar refractivity (Wildman–Crippen MR) is 96.3 cm³/mol. The molecule has 0 aliphatic carbocycles. The number of hydrogen-bond acceptors (Lipinski definition) is 6. The maximum Gasteiger partial charge on any atom is 0.121 e. The van der Waals surface area contributed by atoms with Crippen LogP contribution in [-0.2, 0) is 19.6 Å². The van der Waals surface area contributed by atoms with E-state index in [1.54, 1.807) is 6.26 Å². The van der Waals surface area contributed by atoms with Gasteiger partial charge in [-0.05, 0) is 37.5 Å². The minimum atomic E-state index is -0.882. The predicted octanol–water partition coefficient (Wildman–Crippen LogP) is 1.37. The molecule has 4 rings (SSSR count). The summed E-state index contributed by atoms with van der Waals surface area (Å²) in [5.74, 6) is 1.04. The van der Waals surface area contributed by atoms with Gasteiger partial charge in [-0.3, -0.25) is 14.5 Å². The fourth-order valence-electron chi connectivity index (χ4n) is 4.14. The Hall–Kier alpha value is -1.67. The lowest BCUT2D eigenvalue weighted by Crippen LogP contribution is -2.44. The van der Waals surface area contributed by atoms with Gasteiger partial charge in [0.25, 0.3) is 0 Å². The highest BCUT2D eigenvalue weighted by Crippen LogP contribution is 2.24. The molecular weight excluding hydrogens is 332 g/mol. The normalized spacial score (nSPS) is 21.5. The first-order chi connectivity index (χ1) is 12.7. The minimum absolute atomic E-state index is 0.283. The van der Waals surface area contributed by atoms with Crippen molar-refractivity contribution in [3.8, 4) is 0 Å². The summed E-state index contributed by atoms with van der Waals surface area (Å²) in [7, 11) is 0. The van der Waals surface area contributed by atoms with E-state index in [-0.39, 0.29) is 6.61 Å². The van der Waals surface area contributed by atoms with Crippen LogP contribution in [0.2, 0.25) is 0 Å². The first kappa shape index (κ1) is 17.7. The number of hydrogen-bond donors (Lipinski definition) is 2. The number of aryl methyl sites for hydroxylation is 1. The molecule has 26 heavy (non-hydrogen) atoms. The van der Waals surface area contributed by atoms with Crippen LogP contribution in [0.25, 0.3) is 0 Å². The Labute approximate surface area is 153 Å². The zero-order valence-electron chi connectivity index (χ0n) is 15.1. The molecule has 1 fully saturated rings. The van der Waals surface area contributed by atoms with Crippen LogP contribution in [0.3, 0.4) is 0 Å². The minimum Gasteiger partial charge on any atom is -0.468 e. The number of rotatable bonds is 5. The molecule has 2 aliphatic rings. The Morgan fingerprint density at radius 3 is 2.81 bits per heavy atom. The lowest BCUT2D eigenvalue weighted by Gasteiger charge is -2.37. The van der Waals surface area contributed by atoms with Gasteiger partial charge in [-0.15, -0.1) is 0 Å². The Kier molecular flexibility index (Phi) is 5.40. The fourth-order valence-corrected chi connectivity index (χ4v) is 4.14. The summed E-state index contributed by atoms with van der Waals surface area (Å²) in [6.45, 7) is 5.63. The molecule has 7 nitrogen and oxygen atoms in total. The quantitative estimate of drug-likeness (QED) is 0.839. The maximum absolute atomic E-state index is 9.85. The van der Waals surface area contributed by atoms with Gasteiger partial charge < -0.3 is 14.6 Å². The van der Waals surface area contributed by atoms with Gasteiger partial charge in [-0.25, -0.2) is 0 Å². The highest BCUT2D eigenvalue weighted by molar-refractivity contribution is 5.14. The Balaban J connectivity index is 1.36. The van der Waals surface area contributed by atoms with Crippen molar-refractivity contribution < 1.29 is 14.6 Å². The fraction of sp³-hybridized carbons (Fsp3) is 0.632. The Morgan fingerprint density at radius 1 is 1.23 bits per heavy atom. The summed E-state index contributed by atoms with van der Waals surface area (Å²) < 4.78 is 7.47. The van der Waals surface area contributed by atoms with Crippen LogP contribution in [0.5, 0.6) is 0 Å². The van der Waals surface area contributed by atoms with Gasteiger partial charge in [0.2, 0.25) is 0 Å². The molecular formula is C19H28N4O3. The average molecular weight is 360 g/mol. The molecule has 142 valence electrons. The van der Waals surface area contributed by atoms with Crippen LogP contribution < -0.4 is 0 Å². The van der Waals surface area contributed by atoms with Crippen LogP contribution in [0.15, 0.2) is 28.9 Å². The SMILES string of the molecule is OC[C@H](O)c1cc2n(n1)CCCN(C1CCN(Cc3ccco3)CC1)C2. The van der Waals surface area contributed by atoms with Crippen LogP contribution in [-0.4, -0.2) is 62.1 Å². The summed E-state index contributed by atoms with van der Waals surface area (Å²) in [6.07, 6.45) is 4.26. The Morgan fingerprint density at radius 2 is 2.08 bits per heavy atom. The molecule has 0 bridgehead atoms. The van der Waals surface area contributed by atoms with Crippen molar-refractivity contribution in [2.75, 3.05) is 26.2 Å². The van der Waals surface area contributed by atoms with Gasteiger partial charge in [0.05, 0.1) is 30.8 Å². The number of nitrogens with zero attached hydrogens (tertiary/aromatic N) is 4. The number of likely N-dealkylation sites (tertiary alicyclic amines) is 1. The van der Waals surface area contributed by atoms with E-state index in [4.69, 9.17) is 9.52 Å². The third kappa shape index (κ3) is 3.86. The van der Waals surface area contributed by atoms with Gasteiger partial charge in [-0.1, -0.05) is 0 Å². The van der Waals surface area contributed by atoms with Gasteiger partial charge in [-0.2, -0.15) is 5.10 Å². The first-order valence-electron chi connectivity index (χ1n) is 9.57. The zero-order chi connectivity index (χ0) is 17.9. The summed E-state index contributed by atoms with van der Waals surface area (Å²) in [5.41, 5.74) is 1.72. The molecule has 0 spiro atoms. The lowest BCUT2D eigenvalue weighted by atomic mass is 10.0. The molecule has 7 heteroatoms. The van der Waals surface area contributed by atoms with E-state index in [1.165, 1.54) is 12.8 Å². The summed E-state index contributed by atoms with van der Waals surface area (Å²) >= 11 is 0. The summed E-state index contributed by atoms with van der Waals surface area (Å²) in [5, 5.41) is 23.5. The van der Waals surface area contributed by atoms with Crippen molar-refractivity contribution in [1.29, 1.82) is 0 Å². The third-order valence-electron chi connectivity index (χ3n) is 5.61. The van der Waals surface area contributed by atoms with Gasteiger partial charge >= 0.3 is 0 Å². The molecule has 2 aromatic rings. The molecule has 0 amide bonds. The van der Waals surface area contributed by atoms with E-state index in [1.807, 2.05) is 22.9 Å². The molecule has 1 saturated heterocycles. The van der Waals surface area contributed by atoms with E-state index in [9.17, 15) is 5.11 Å². The number of piperidine rings is 1. The molecule has 0 aromatic carbocycles. The molecule has 0 saturated carbocycles. The molecule has 4 heterocycles. The molecule has 2 N–H and O–H groups in total. The highest BCUT2D eigenvalue weighted by Gasteiger charge is 2.27. The van der Waals surface area contributed by atoms with Crippen molar-refractivity contribution in [2.45, 2.75) is 51.0 Å². The molecule has 1 atom stereocenters. The number of aliphatic hydroxyl groups is 2. The number of aromatic nitrogens is 2. The van der Waals surface area contributed by atoms with Crippen LogP contribution in [0, 0.1) is 0 Å². The van der Waals surface area contributed by atoms with Gasteiger partial charge in [0.1, 0.15) is 11.9 Å². The monoisotopic (exact) mass is 360 g/mol. The highest BCUT2D eigenvalue weighted by atomic mass is 16.3. The zero-order valence-corrected chi connectivity index (χ0v) is 15.1. The van der Waals surface area contributed by atoms with Crippen molar-refractivity contribution in [3.05, 3.63) is 41.6 Å². The summed E-state index contributed by atoms with van der Waals surface area (Å²) in [6, 6.07) is 6.53. The van der Waals surface area contributed by atoms with E-state index >= 15 is 0 Å². The number of furan rings is 1. The average Bonchev–Trinajstić information content (AvgIpc) is 3.27. The second kappa shape index (κ2) is 7.92.